The lowest BCUT2D eigenvalue weighted by Gasteiger charge is -2.48. The van der Waals surface area contributed by atoms with E-state index in [1.165, 1.54) is 0 Å². The standard InChI is InChI=1S/C15H20O5/c16-6-5-12-7-13(17)14(18)15(20-12)8-10-3-1-2-4-11(10)9-19-15/h1-4,12-14,16-18H,5-9H2/t12?,13?,14?,15-/m1/s1. The van der Waals surface area contributed by atoms with Crippen molar-refractivity contribution in [2.24, 2.45) is 0 Å². The van der Waals surface area contributed by atoms with Gasteiger partial charge in [-0.15, -0.1) is 0 Å². The monoisotopic (exact) mass is 280 g/mol. The summed E-state index contributed by atoms with van der Waals surface area (Å²) in [7, 11) is 0. The Morgan fingerprint density at radius 3 is 2.70 bits per heavy atom. The van der Waals surface area contributed by atoms with Gasteiger partial charge in [-0.3, -0.25) is 0 Å². The fourth-order valence-electron chi connectivity index (χ4n) is 3.06. The second kappa shape index (κ2) is 5.42. The van der Waals surface area contributed by atoms with Gasteiger partial charge in [-0.2, -0.15) is 0 Å². The predicted octanol–water partition coefficient (Wildman–Crippen LogP) is 0.349. The maximum Gasteiger partial charge on any atom is 0.201 e. The van der Waals surface area contributed by atoms with Gasteiger partial charge >= 0.3 is 0 Å². The maximum atomic E-state index is 10.3. The Hall–Kier alpha value is -0.980. The van der Waals surface area contributed by atoms with Crippen LogP contribution in [0, 0.1) is 0 Å². The molecule has 2 aliphatic rings. The van der Waals surface area contributed by atoms with Crippen LogP contribution < -0.4 is 0 Å². The topological polar surface area (TPSA) is 79.2 Å². The number of rotatable bonds is 2. The van der Waals surface area contributed by atoms with E-state index >= 15 is 0 Å². The minimum absolute atomic E-state index is 0.0137. The molecule has 110 valence electrons. The molecule has 1 saturated heterocycles. The molecule has 3 unspecified atom stereocenters. The van der Waals surface area contributed by atoms with Gasteiger partial charge in [0.2, 0.25) is 5.79 Å². The second-order valence-electron chi connectivity index (χ2n) is 5.55. The highest BCUT2D eigenvalue weighted by molar-refractivity contribution is 5.30. The zero-order valence-corrected chi connectivity index (χ0v) is 11.2. The smallest absolute Gasteiger partial charge is 0.201 e. The lowest BCUT2D eigenvalue weighted by atomic mass is 9.86. The molecule has 4 atom stereocenters. The first-order valence-corrected chi connectivity index (χ1v) is 7.00. The highest BCUT2D eigenvalue weighted by Crippen LogP contribution is 2.39. The van der Waals surface area contributed by atoms with Crippen molar-refractivity contribution in [1.29, 1.82) is 0 Å². The van der Waals surface area contributed by atoms with E-state index in [9.17, 15) is 10.2 Å². The third-order valence-corrected chi connectivity index (χ3v) is 4.16. The van der Waals surface area contributed by atoms with Gasteiger partial charge in [0, 0.05) is 19.4 Å². The first-order chi connectivity index (χ1) is 9.64. The number of hydrogen-bond donors (Lipinski definition) is 3. The van der Waals surface area contributed by atoms with Crippen LogP contribution in [0.5, 0.6) is 0 Å². The van der Waals surface area contributed by atoms with Gasteiger partial charge in [0.15, 0.2) is 0 Å². The molecule has 5 nitrogen and oxygen atoms in total. The Kier molecular flexibility index (Phi) is 3.79. The first kappa shape index (κ1) is 14.0. The van der Waals surface area contributed by atoms with Crippen molar-refractivity contribution in [3.05, 3.63) is 35.4 Å². The minimum atomic E-state index is -1.20. The van der Waals surface area contributed by atoms with E-state index < -0.39 is 18.0 Å². The lowest BCUT2D eigenvalue weighted by molar-refractivity contribution is -0.349. The zero-order chi connectivity index (χ0) is 14.2. The molecule has 20 heavy (non-hydrogen) atoms. The highest BCUT2D eigenvalue weighted by atomic mass is 16.7. The molecule has 2 heterocycles. The molecule has 0 saturated carbocycles. The van der Waals surface area contributed by atoms with Gasteiger partial charge in [-0.25, -0.2) is 0 Å². The average Bonchev–Trinajstić information content (AvgIpc) is 2.45. The van der Waals surface area contributed by atoms with Gasteiger partial charge in [0.1, 0.15) is 6.10 Å². The van der Waals surface area contributed by atoms with Crippen LogP contribution in [0.25, 0.3) is 0 Å². The molecular weight excluding hydrogens is 260 g/mol. The molecule has 5 heteroatoms. The van der Waals surface area contributed by atoms with Crippen LogP contribution in [-0.2, 0) is 22.5 Å². The summed E-state index contributed by atoms with van der Waals surface area (Å²) in [5, 5.41) is 29.4. The molecule has 1 aromatic carbocycles. The van der Waals surface area contributed by atoms with Crippen molar-refractivity contribution >= 4 is 0 Å². The third-order valence-electron chi connectivity index (χ3n) is 4.16. The number of benzene rings is 1. The molecule has 1 spiro atoms. The fraction of sp³-hybridized carbons (Fsp3) is 0.600. The molecule has 0 radical (unpaired) electrons. The normalized spacial score (nSPS) is 36.9. The molecule has 0 bridgehead atoms. The maximum absolute atomic E-state index is 10.3. The quantitative estimate of drug-likeness (QED) is 0.728. The number of ether oxygens (including phenoxy) is 2. The van der Waals surface area contributed by atoms with E-state index in [4.69, 9.17) is 14.6 Å². The molecule has 2 aliphatic heterocycles. The number of aliphatic hydroxyl groups excluding tert-OH is 3. The predicted molar refractivity (Wildman–Crippen MR) is 70.9 cm³/mol. The van der Waals surface area contributed by atoms with E-state index in [-0.39, 0.29) is 12.7 Å². The fourth-order valence-corrected chi connectivity index (χ4v) is 3.06. The van der Waals surface area contributed by atoms with Crippen LogP contribution in [0.15, 0.2) is 24.3 Å². The van der Waals surface area contributed by atoms with Gasteiger partial charge in [0.25, 0.3) is 0 Å². The van der Waals surface area contributed by atoms with E-state index in [1.807, 2.05) is 24.3 Å². The SMILES string of the molecule is OCCC1CC(O)C(O)[C@@]2(Cc3ccccc3CO2)O1. The van der Waals surface area contributed by atoms with Crippen molar-refractivity contribution in [2.75, 3.05) is 6.61 Å². The van der Waals surface area contributed by atoms with Crippen LogP contribution in [-0.4, -0.2) is 46.0 Å². The Balaban J connectivity index is 1.87. The van der Waals surface area contributed by atoms with Crippen LogP contribution in [0.3, 0.4) is 0 Å². The molecule has 0 aromatic heterocycles. The molecule has 3 N–H and O–H groups in total. The molecule has 1 fully saturated rings. The number of fused-ring (bicyclic) bond motifs is 1. The summed E-state index contributed by atoms with van der Waals surface area (Å²) >= 11 is 0. The molecule has 0 aliphatic carbocycles. The first-order valence-electron chi connectivity index (χ1n) is 7.00. The van der Waals surface area contributed by atoms with Crippen molar-refractivity contribution in [2.45, 2.75) is 50.0 Å². The zero-order valence-electron chi connectivity index (χ0n) is 11.2. The van der Waals surface area contributed by atoms with Crippen LogP contribution in [0.1, 0.15) is 24.0 Å². The summed E-state index contributed by atoms with van der Waals surface area (Å²) in [6.45, 7) is 0.339. The van der Waals surface area contributed by atoms with Gasteiger partial charge in [-0.05, 0) is 17.5 Å². The number of hydrogen-bond acceptors (Lipinski definition) is 5. The molecule has 0 amide bonds. The van der Waals surface area contributed by atoms with E-state index in [0.717, 1.165) is 11.1 Å². The van der Waals surface area contributed by atoms with Crippen molar-refractivity contribution in [3.8, 4) is 0 Å². The van der Waals surface area contributed by atoms with Crippen LogP contribution in [0.4, 0.5) is 0 Å². The Morgan fingerprint density at radius 1 is 1.20 bits per heavy atom. The molecular formula is C15H20O5. The van der Waals surface area contributed by atoms with Crippen LogP contribution in [0.2, 0.25) is 0 Å². The van der Waals surface area contributed by atoms with E-state index in [2.05, 4.69) is 0 Å². The molecule has 3 rings (SSSR count). The van der Waals surface area contributed by atoms with Crippen molar-refractivity contribution in [1.82, 2.24) is 0 Å². The lowest BCUT2D eigenvalue weighted by Crippen LogP contribution is -2.61. The summed E-state index contributed by atoms with van der Waals surface area (Å²) in [5.74, 6) is -1.20. The summed E-state index contributed by atoms with van der Waals surface area (Å²) in [4.78, 5) is 0. The van der Waals surface area contributed by atoms with Gasteiger partial charge in [0.05, 0.1) is 18.8 Å². The largest absolute Gasteiger partial charge is 0.396 e. The molecule has 1 aromatic rings. The van der Waals surface area contributed by atoms with E-state index in [1.54, 1.807) is 0 Å². The minimum Gasteiger partial charge on any atom is -0.396 e. The van der Waals surface area contributed by atoms with Gasteiger partial charge in [-0.1, -0.05) is 24.3 Å². The summed E-state index contributed by atoms with van der Waals surface area (Å²) in [5.41, 5.74) is 2.14. The Morgan fingerprint density at radius 2 is 1.95 bits per heavy atom. The summed E-state index contributed by atoms with van der Waals surface area (Å²) < 4.78 is 11.7. The second-order valence-corrected chi connectivity index (χ2v) is 5.55. The van der Waals surface area contributed by atoms with Gasteiger partial charge < -0.3 is 24.8 Å². The Bertz CT molecular complexity index is 477. The third kappa shape index (κ3) is 2.36. The summed E-state index contributed by atoms with van der Waals surface area (Å²) in [6, 6.07) is 7.85. The number of aliphatic hydroxyl groups is 3. The summed E-state index contributed by atoms with van der Waals surface area (Å²) in [6.07, 6.45) is -1.13. The average molecular weight is 280 g/mol. The van der Waals surface area contributed by atoms with Crippen molar-refractivity contribution in [3.63, 3.8) is 0 Å². The van der Waals surface area contributed by atoms with E-state index in [0.29, 0.717) is 25.9 Å². The van der Waals surface area contributed by atoms with Crippen LogP contribution >= 0.6 is 0 Å². The van der Waals surface area contributed by atoms with Crippen molar-refractivity contribution < 1.29 is 24.8 Å². The Labute approximate surface area is 117 Å². The highest BCUT2D eigenvalue weighted by Gasteiger charge is 2.51.